The summed E-state index contributed by atoms with van der Waals surface area (Å²) in [7, 11) is 1.53. The average Bonchev–Trinajstić information content (AvgIpc) is 2.57. The van der Waals surface area contributed by atoms with Crippen molar-refractivity contribution in [1.82, 2.24) is 0 Å². The molecule has 0 unspecified atom stereocenters. The van der Waals surface area contributed by atoms with Gasteiger partial charge in [-0.25, -0.2) is 0 Å². The standard InChI is InChI=1S/C18H26O6S/c1-13-10-14(2)18(16(11-13)22-3)15(20)12-23-6-7-24-17(21)4-8-25-9-5-19/h10-11,19H,4-9,12H2,1-3H3. The van der Waals surface area contributed by atoms with E-state index in [-0.39, 0.29) is 38.2 Å². The van der Waals surface area contributed by atoms with E-state index in [1.165, 1.54) is 18.9 Å². The van der Waals surface area contributed by atoms with Gasteiger partial charge >= 0.3 is 5.97 Å². The minimum absolute atomic E-state index is 0.0931. The second kappa shape index (κ2) is 11.9. The molecule has 0 radical (unpaired) electrons. The molecule has 6 nitrogen and oxygen atoms in total. The quantitative estimate of drug-likeness (QED) is 0.343. The van der Waals surface area contributed by atoms with Gasteiger partial charge in [0.2, 0.25) is 0 Å². The van der Waals surface area contributed by atoms with E-state index in [1.807, 2.05) is 26.0 Å². The molecule has 140 valence electrons. The second-order valence-corrected chi connectivity index (χ2v) is 6.67. The highest BCUT2D eigenvalue weighted by Gasteiger charge is 2.16. The molecule has 0 amide bonds. The fourth-order valence-electron chi connectivity index (χ4n) is 2.29. The molecule has 7 heteroatoms. The molecule has 1 rings (SSSR count). The van der Waals surface area contributed by atoms with E-state index in [4.69, 9.17) is 19.3 Å². The maximum absolute atomic E-state index is 12.3. The van der Waals surface area contributed by atoms with Gasteiger partial charge in [0.25, 0.3) is 0 Å². The number of hydrogen-bond donors (Lipinski definition) is 1. The number of carbonyl (C=O) groups excluding carboxylic acids is 2. The summed E-state index contributed by atoms with van der Waals surface area (Å²) >= 11 is 1.49. The molecule has 0 saturated carbocycles. The van der Waals surface area contributed by atoms with E-state index in [2.05, 4.69) is 0 Å². The van der Waals surface area contributed by atoms with Crippen LogP contribution < -0.4 is 4.74 Å². The van der Waals surface area contributed by atoms with Crippen molar-refractivity contribution in [1.29, 1.82) is 0 Å². The van der Waals surface area contributed by atoms with Crippen LogP contribution in [0.2, 0.25) is 0 Å². The summed E-state index contributed by atoms with van der Waals surface area (Å²) in [4.78, 5) is 23.8. The highest BCUT2D eigenvalue weighted by molar-refractivity contribution is 7.99. The number of thioether (sulfide) groups is 1. The molecule has 0 saturated heterocycles. The lowest BCUT2D eigenvalue weighted by molar-refractivity contribution is -0.144. The molecule has 25 heavy (non-hydrogen) atoms. The molecular weight excluding hydrogens is 344 g/mol. The number of aliphatic hydroxyl groups excluding tert-OH is 1. The molecule has 0 aliphatic rings. The van der Waals surface area contributed by atoms with Gasteiger partial charge in [0.1, 0.15) is 19.0 Å². The van der Waals surface area contributed by atoms with E-state index in [0.717, 1.165) is 11.1 Å². The molecule has 0 bridgehead atoms. The summed E-state index contributed by atoms with van der Waals surface area (Å²) in [5.41, 5.74) is 2.39. The van der Waals surface area contributed by atoms with Crippen LogP contribution in [0, 0.1) is 13.8 Å². The molecule has 0 aromatic heterocycles. The predicted molar refractivity (Wildman–Crippen MR) is 97.6 cm³/mol. The van der Waals surface area contributed by atoms with E-state index in [1.54, 1.807) is 0 Å². The van der Waals surface area contributed by atoms with Gasteiger partial charge in [-0.1, -0.05) is 6.07 Å². The van der Waals surface area contributed by atoms with Gasteiger partial charge in [-0.05, 0) is 31.0 Å². The Bertz CT molecular complexity index is 573. The summed E-state index contributed by atoms with van der Waals surface area (Å²) in [5.74, 6) is 1.29. The molecule has 1 aromatic carbocycles. The van der Waals surface area contributed by atoms with Crippen LogP contribution in [0.25, 0.3) is 0 Å². The summed E-state index contributed by atoms with van der Waals surface area (Å²) in [6, 6.07) is 3.74. The smallest absolute Gasteiger partial charge is 0.306 e. The van der Waals surface area contributed by atoms with E-state index in [9.17, 15) is 9.59 Å². The molecule has 0 aliphatic carbocycles. The molecule has 0 fully saturated rings. The van der Waals surface area contributed by atoms with Crippen LogP contribution in [0.5, 0.6) is 5.75 Å². The number of methoxy groups -OCH3 is 1. The molecule has 0 aliphatic heterocycles. The molecule has 1 N–H and O–H groups in total. The lowest BCUT2D eigenvalue weighted by atomic mass is 10.0. The third-order valence-electron chi connectivity index (χ3n) is 3.35. The predicted octanol–water partition coefficient (Wildman–Crippen LogP) is 2.17. The van der Waals surface area contributed by atoms with Crippen LogP contribution in [0.15, 0.2) is 12.1 Å². The Hall–Kier alpha value is -1.57. The number of ether oxygens (including phenoxy) is 3. The van der Waals surface area contributed by atoms with Crippen molar-refractivity contribution in [3.05, 3.63) is 28.8 Å². The first-order valence-electron chi connectivity index (χ1n) is 8.10. The normalized spacial score (nSPS) is 10.6. The number of aliphatic hydroxyl groups is 1. The zero-order valence-electron chi connectivity index (χ0n) is 15.0. The first-order valence-corrected chi connectivity index (χ1v) is 9.25. The summed E-state index contributed by atoms with van der Waals surface area (Å²) in [6.45, 7) is 4.09. The van der Waals surface area contributed by atoms with Crippen molar-refractivity contribution in [2.45, 2.75) is 20.3 Å². The zero-order valence-corrected chi connectivity index (χ0v) is 15.8. The number of Topliss-reactive ketones (excluding diaryl/α,β-unsaturated/α-hetero) is 1. The topological polar surface area (TPSA) is 82.1 Å². The van der Waals surface area contributed by atoms with Gasteiger partial charge in [0.15, 0.2) is 5.78 Å². The van der Waals surface area contributed by atoms with Gasteiger partial charge < -0.3 is 19.3 Å². The maximum atomic E-state index is 12.3. The molecular formula is C18H26O6S. The van der Waals surface area contributed by atoms with Gasteiger partial charge in [-0.15, -0.1) is 0 Å². The first-order chi connectivity index (χ1) is 12.0. The first kappa shape index (κ1) is 21.5. The van der Waals surface area contributed by atoms with Crippen LogP contribution in [0.3, 0.4) is 0 Å². The van der Waals surface area contributed by atoms with E-state index >= 15 is 0 Å². The summed E-state index contributed by atoms with van der Waals surface area (Å²) < 4.78 is 15.6. The summed E-state index contributed by atoms with van der Waals surface area (Å²) in [6.07, 6.45) is 0.295. The number of benzene rings is 1. The Morgan fingerprint density at radius 1 is 1.16 bits per heavy atom. The Kier molecular flexibility index (Phi) is 10.2. The fraction of sp³-hybridized carbons (Fsp3) is 0.556. The van der Waals surface area contributed by atoms with Crippen LogP contribution in [-0.2, 0) is 14.3 Å². The van der Waals surface area contributed by atoms with Crippen LogP contribution in [-0.4, -0.2) is 61.9 Å². The lowest BCUT2D eigenvalue weighted by Crippen LogP contribution is -2.16. The number of rotatable bonds is 12. The monoisotopic (exact) mass is 370 g/mol. The second-order valence-electron chi connectivity index (χ2n) is 5.44. The van der Waals surface area contributed by atoms with Crippen molar-refractivity contribution in [3.63, 3.8) is 0 Å². The Balaban J connectivity index is 2.31. The molecule has 1 aromatic rings. The highest BCUT2D eigenvalue weighted by Crippen LogP contribution is 2.24. The summed E-state index contributed by atoms with van der Waals surface area (Å²) in [5, 5.41) is 8.63. The third-order valence-corrected chi connectivity index (χ3v) is 4.32. The highest BCUT2D eigenvalue weighted by atomic mass is 32.2. The minimum atomic E-state index is -0.309. The maximum Gasteiger partial charge on any atom is 0.306 e. The Morgan fingerprint density at radius 3 is 2.60 bits per heavy atom. The number of ketones is 1. The lowest BCUT2D eigenvalue weighted by Gasteiger charge is -2.12. The number of hydrogen-bond acceptors (Lipinski definition) is 7. The number of esters is 1. The van der Waals surface area contributed by atoms with Crippen molar-refractivity contribution >= 4 is 23.5 Å². The van der Waals surface area contributed by atoms with Crippen LogP contribution in [0.4, 0.5) is 0 Å². The zero-order chi connectivity index (χ0) is 18.7. The van der Waals surface area contributed by atoms with Crippen molar-refractivity contribution in [2.75, 3.05) is 45.0 Å². The number of aryl methyl sites for hydroxylation is 2. The molecule has 0 spiro atoms. The molecule has 0 heterocycles. The minimum Gasteiger partial charge on any atom is -0.496 e. The van der Waals surface area contributed by atoms with Crippen molar-refractivity contribution in [3.8, 4) is 5.75 Å². The Labute approximate surface area is 152 Å². The van der Waals surface area contributed by atoms with Crippen molar-refractivity contribution in [2.24, 2.45) is 0 Å². The van der Waals surface area contributed by atoms with Crippen molar-refractivity contribution < 1.29 is 28.9 Å². The largest absolute Gasteiger partial charge is 0.496 e. The fourth-order valence-corrected chi connectivity index (χ4v) is 2.94. The van der Waals surface area contributed by atoms with Gasteiger partial charge in [-0.2, -0.15) is 11.8 Å². The average molecular weight is 370 g/mol. The van der Waals surface area contributed by atoms with Gasteiger partial charge in [0, 0.05) is 11.5 Å². The van der Waals surface area contributed by atoms with Gasteiger partial charge in [0.05, 0.1) is 32.3 Å². The number of carbonyl (C=O) groups is 2. The Morgan fingerprint density at radius 2 is 1.92 bits per heavy atom. The molecule has 0 atom stereocenters. The SMILES string of the molecule is COc1cc(C)cc(C)c1C(=O)COCCOC(=O)CCSCCO. The van der Waals surface area contributed by atoms with E-state index < -0.39 is 0 Å². The van der Waals surface area contributed by atoms with Crippen LogP contribution >= 0.6 is 11.8 Å². The van der Waals surface area contributed by atoms with Crippen LogP contribution in [0.1, 0.15) is 27.9 Å². The van der Waals surface area contributed by atoms with E-state index in [0.29, 0.717) is 29.2 Å². The third kappa shape index (κ3) is 7.90. The van der Waals surface area contributed by atoms with Gasteiger partial charge in [-0.3, -0.25) is 9.59 Å².